The third kappa shape index (κ3) is 15.8. The zero-order chi connectivity index (χ0) is 21.4. The van der Waals surface area contributed by atoms with Crippen molar-refractivity contribution in [2.45, 2.75) is 122 Å². The molecule has 0 aromatic heterocycles. The van der Waals surface area contributed by atoms with E-state index in [4.69, 9.17) is 4.74 Å². The summed E-state index contributed by atoms with van der Waals surface area (Å²) in [6.07, 6.45) is 16.9. The molecule has 1 fully saturated rings. The molecule has 0 radical (unpaired) electrons. The maximum absolute atomic E-state index is 12.1. The lowest BCUT2D eigenvalue weighted by atomic mass is 9.95. The van der Waals surface area contributed by atoms with Crippen molar-refractivity contribution in [3.63, 3.8) is 0 Å². The van der Waals surface area contributed by atoms with Crippen LogP contribution in [0.3, 0.4) is 0 Å². The fraction of sp³-hybridized carbons (Fsp3) is 0.955. The number of nitrogens with one attached hydrogen (secondary N) is 1. The van der Waals surface area contributed by atoms with Crippen LogP contribution in [0, 0.1) is 0 Å². The summed E-state index contributed by atoms with van der Waals surface area (Å²) in [4.78, 5) is 12.1. The van der Waals surface area contributed by atoms with Crippen molar-refractivity contribution in [3.05, 3.63) is 0 Å². The summed E-state index contributed by atoms with van der Waals surface area (Å²) in [7, 11) is -4.43. The number of hydrogen-bond acceptors (Lipinski definition) is 6. The zero-order valence-corrected chi connectivity index (χ0v) is 19.1. The van der Waals surface area contributed by atoms with Gasteiger partial charge in [-0.05, 0) is 19.3 Å². The first-order valence-corrected chi connectivity index (χ1v) is 13.3. The van der Waals surface area contributed by atoms with Gasteiger partial charge in [-0.15, -0.1) is 0 Å². The van der Waals surface area contributed by atoms with E-state index in [1.807, 2.05) is 0 Å². The van der Waals surface area contributed by atoms with Crippen LogP contribution in [-0.4, -0.2) is 43.4 Å². The number of carbonyl (C=O) groups is 1. The van der Waals surface area contributed by atoms with E-state index in [1.54, 1.807) is 0 Å². The Bertz CT molecular complexity index is 517. The van der Waals surface area contributed by atoms with Crippen molar-refractivity contribution >= 4 is 16.1 Å². The molecular formula is C22H42NO5S-. The Morgan fingerprint density at radius 3 is 2.07 bits per heavy atom. The lowest BCUT2D eigenvalue weighted by molar-refractivity contribution is -0.148. The third-order valence-electron chi connectivity index (χ3n) is 5.66. The smallest absolute Gasteiger partial charge is 0.306 e. The first-order valence-electron chi connectivity index (χ1n) is 11.8. The summed E-state index contributed by atoms with van der Waals surface area (Å²) < 4.78 is 38.7. The van der Waals surface area contributed by atoms with E-state index in [-0.39, 0.29) is 13.0 Å². The van der Waals surface area contributed by atoms with Crippen molar-refractivity contribution in [1.29, 1.82) is 0 Å². The van der Waals surface area contributed by atoms with Crippen LogP contribution in [0.1, 0.15) is 110 Å². The van der Waals surface area contributed by atoms with Gasteiger partial charge in [0.15, 0.2) is 0 Å². The molecule has 0 aliphatic heterocycles. The number of carbonyl (C=O) groups excluding carboxylic acids is 1. The van der Waals surface area contributed by atoms with Crippen LogP contribution in [0.4, 0.5) is 0 Å². The monoisotopic (exact) mass is 432 g/mol. The van der Waals surface area contributed by atoms with E-state index in [9.17, 15) is 17.8 Å². The van der Waals surface area contributed by atoms with Crippen molar-refractivity contribution < 1.29 is 22.5 Å². The largest absolute Gasteiger partial charge is 0.748 e. The SMILES string of the molecule is CCCCCCCCCCCCC(=O)OC(CNC1CCCCC1)CS(=O)(=O)[O-]. The van der Waals surface area contributed by atoms with Crippen LogP contribution in [0.15, 0.2) is 0 Å². The van der Waals surface area contributed by atoms with Gasteiger partial charge in [0.25, 0.3) is 0 Å². The summed E-state index contributed by atoms with van der Waals surface area (Å²) in [5.74, 6) is -1.06. The van der Waals surface area contributed by atoms with Crippen LogP contribution < -0.4 is 5.32 Å². The standard InChI is InChI=1S/C22H43NO5S/c1-2-3-4-5-6-7-8-9-10-14-17-22(24)28-21(19-29(25,26)27)18-23-20-15-12-11-13-16-20/h20-21,23H,2-19H2,1H3,(H,25,26,27)/p-1. The first kappa shape index (κ1) is 26.4. The Morgan fingerprint density at radius 2 is 1.52 bits per heavy atom. The number of hydrogen-bond donors (Lipinski definition) is 1. The molecule has 1 atom stereocenters. The average Bonchev–Trinajstić information content (AvgIpc) is 2.67. The Kier molecular flexibility index (Phi) is 14.6. The maximum Gasteiger partial charge on any atom is 0.306 e. The minimum Gasteiger partial charge on any atom is -0.748 e. The molecule has 1 aliphatic rings. The first-order chi connectivity index (χ1) is 13.9. The van der Waals surface area contributed by atoms with Gasteiger partial charge in [0.05, 0.1) is 15.9 Å². The average molecular weight is 433 g/mol. The molecule has 1 N–H and O–H groups in total. The molecule has 0 bridgehead atoms. The van der Waals surface area contributed by atoms with E-state index in [2.05, 4.69) is 12.2 Å². The summed E-state index contributed by atoms with van der Waals surface area (Å²) in [5, 5.41) is 3.28. The van der Waals surface area contributed by atoms with E-state index >= 15 is 0 Å². The Morgan fingerprint density at radius 1 is 0.966 bits per heavy atom. The van der Waals surface area contributed by atoms with Crippen molar-refractivity contribution in [1.82, 2.24) is 5.32 Å². The number of unbranched alkanes of at least 4 members (excludes halogenated alkanes) is 9. The quantitative estimate of drug-likeness (QED) is 0.204. The van der Waals surface area contributed by atoms with Crippen molar-refractivity contribution in [2.75, 3.05) is 12.3 Å². The number of esters is 1. The molecule has 1 rings (SSSR count). The normalized spacial score (nSPS) is 16.6. The van der Waals surface area contributed by atoms with Crippen molar-refractivity contribution in [3.8, 4) is 0 Å². The molecule has 0 amide bonds. The highest BCUT2D eigenvalue weighted by Gasteiger charge is 2.20. The predicted octanol–water partition coefficient (Wildman–Crippen LogP) is 4.68. The van der Waals surface area contributed by atoms with Gasteiger partial charge >= 0.3 is 5.97 Å². The van der Waals surface area contributed by atoms with Gasteiger partial charge < -0.3 is 14.6 Å². The molecule has 7 heteroatoms. The third-order valence-corrected chi connectivity index (χ3v) is 6.44. The second-order valence-electron chi connectivity index (χ2n) is 8.51. The minimum atomic E-state index is -4.43. The van der Waals surface area contributed by atoms with Crippen molar-refractivity contribution in [2.24, 2.45) is 0 Å². The van der Waals surface area contributed by atoms with Crippen LogP contribution in [-0.2, 0) is 19.6 Å². The van der Waals surface area contributed by atoms with E-state index in [0.717, 1.165) is 44.9 Å². The zero-order valence-electron chi connectivity index (χ0n) is 18.3. The molecule has 0 aromatic carbocycles. The van der Waals surface area contributed by atoms with Gasteiger partial charge in [0.2, 0.25) is 0 Å². The molecule has 0 saturated heterocycles. The molecule has 29 heavy (non-hydrogen) atoms. The van der Waals surface area contributed by atoms with E-state index in [1.165, 1.54) is 51.4 Å². The lowest BCUT2D eigenvalue weighted by Crippen LogP contribution is -2.41. The molecule has 6 nitrogen and oxygen atoms in total. The Hall–Kier alpha value is -0.660. The van der Waals surface area contributed by atoms with Gasteiger partial charge in [0, 0.05) is 19.0 Å². The molecule has 1 unspecified atom stereocenters. The van der Waals surface area contributed by atoms with Gasteiger partial charge in [-0.25, -0.2) is 8.42 Å². The van der Waals surface area contributed by atoms with Gasteiger partial charge in [-0.2, -0.15) is 0 Å². The lowest BCUT2D eigenvalue weighted by Gasteiger charge is -2.26. The van der Waals surface area contributed by atoms with Gasteiger partial charge in [-0.3, -0.25) is 4.79 Å². The molecule has 0 heterocycles. The van der Waals surface area contributed by atoms with Crippen LogP contribution in [0.2, 0.25) is 0 Å². The van der Waals surface area contributed by atoms with Gasteiger partial charge in [-0.1, -0.05) is 84.0 Å². The Labute approximate surface area is 178 Å². The Balaban J connectivity index is 2.17. The summed E-state index contributed by atoms with van der Waals surface area (Å²) in [6.45, 7) is 2.45. The molecule has 1 saturated carbocycles. The predicted molar refractivity (Wildman–Crippen MR) is 116 cm³/mol. The van der Waals surface area contributed by atoms with E-state index in [0.29, 0.717) is 6.04 Å². The summed E-state index contributed by atoms with van der Waals surface area (Å²) in [5.41, 5.74) is 0. The second kappa shape index (κ2) is 16.1. The maximum atomic E-state index is 12.1. The van der Waals surface area contributed by atoms with Gasteiger partial charge in [0.1, 0.15) is 6.10 Å². The fourth-order valence-electron chi connectivity index (χ4n) is 3.97. The fourth-order valence-corrected chi connectivity index (χ4v) is 4.61. The second-order valence-corrected chi connectivity index (χ2v) is 9.96. The number of ether oxygens (including phenoxy) is 1. The highest BCUT2D eigenvalue weighted by Crippen LogP contribution is 2.17. The molecule has 0 spiro atoms. The van der Waals surface area contributed by atoms with Crippen LogP contribution in [0.25, 0.3) is 0 Å². The molecule has 1 aliphatic carbocycles. The van der Waals surface area contributed by atoms with E-state index < -0.39 is 27.9 Å². The number of rotatable bonds is 17. The minimum absolute atomic E-state index is 0.232. The topological polar surface area (TPSA) is 95.5 Å². The highest BCUT2D eigenvalue weighted by atomic mass is 32.2. The summed E-state index contributed by atoms with van der Waals surface area (Å²) in [6, 6.07) is 0.321. The summed E-state index contributed by atoms with van der Waals surface area (Å²) >= 11 is 0. The molecule has 172 valence electrons. The molecular weight excluding hydrogens is 390 g/mol. The van der Waals surface area contributed by atoms with Crippen LogP contribution >= 0.6 is 0 Å². The highest BCUT2D eigenvalue weighted by molar-refractivity contribution is 7.85. The van der Waals surface area contributed by atoms with Crippen LogP contribution in [0.5, 0.6) is 0 Å². The molecule has 0 aromatic rings.